The van der Waals surface area contributed by atoms with Crippen molar-refractivity contribution in [3.8, 4) is 0 Å². The number of pyridine rings is 1. The number of carbonyl (C=O) groups is 1. The van der Waals surface area contributed by atoms with E-state index in [0.717, 1.165) is 22.4 Å². The standard InChI is InChI=1S/C23H31ClN6O2/c1-13-16-7-15(23(16,2)3)8-17(13)29-19-11-28-30(22(32)21(19)24)12-20(31)27-9-14-5-6-26-10-18(14)25-4/h5-6,10-11,13,15-17,25,29H,7-9,12H2,1-4H3,(H,27,31)/t13-,15+,16-,17-/m1/s1. The van der Waals surface area contributed by atoms with Gasteiger partial charge in [0.1, 0.15) is 11.6 Å². The Labute approximate surface area is 193 Å². The first-order valence-corrected chi connectivity index (χ1v) is 11.5. The van der Waals surface area contributed by atoms with Crippen molar-refractivity contribution in [2.45, 2.75) is 52.7 Å². The van der Waals surface area contributed by atoms with Crippen molar-refractivity contribution in [1.29, 1.82) is 0 Å². The molecule has 2 aromatic rings. The summed E-state index contributed by atoms with van der Waals surface area (Å²) in [7, 11) is 1.79. The van der Waals surface area contributed by atoms with Gasteiger partial charge in [-0.1, -0.05) is 32.4 Å². The summed E-state index contributed by atoms with van der Waals surface area (Å²) < 4.78 is 1.10. The van der Waals surface area contributed by atoms with Crippen LogP contribution in [0, 0.1) is 23.2 Å². The molecule has 9 heteroatoms. The number of aromatic nitrogens is 3. The molecule has 32 heavy (non-hydrogen) atoms. The molecule has 3 saturated carbocycles. The molecule has 5 rings (SSSR count). The van der Waals surface area contributed by atoms with E-state index in [9.17, 15) is 9.59 Å². The molecule has 8 nitrogen and oxygen atoms in total. The van der Waals surface area contributed by atoms with Crippen LogP contribution in [0.2, 0.25) is 5.02 Å². The Kier molecular flexibility index (Phi) is 6.16. The summed E-state index contributed by atoms with van der Waals surface area (Å²) in [5.41, 5.74) is 2.19. The monoisotopic (exact) mass is 458 g/mol. The van der Waals surface area contributed by atoms with Crippen molar-refractivity contribution in [3.63, 3.8) is 0 Å². The van der Waals surface area contributed by atoms with Gasteiger partial charge in [-0.3, -0.25) is 14.6 Å². The fourth-order valence-electron chi connectivity index (χ4n) is 5.41. The fourth-order valence-corrected chi connectivity index (χ4v) is 5.61. The lowest BCUT2D eigenvalue weighted by atomic mass is 9.45. The van der Waals surface area contributed by atoms with Gasteiger partial charge in [0.05, 0.1) is 23.8 Å². The largest absolute Gasteiger partial charge is 0.387 e. The number of nitrogens with one attached hydrogen (secondary N) is 3. The van der Waals surface area contributed by atoms with Crippen molar-refractivity contribution in [1.82, 2.24) is 20.1 Å². The Bertz CT molecular complexity index is 1070. The summed E-state index contributed by atoms with van der Waals surface area (Å²) in [6.07, 6.45) is 7.26. The highest BCUT2D eigenvalue weighted by Crippen LogP contribution is 2.61. The molecule has 3 aliphatic rings. The van der Waals surface area contributed by atoms with Gasteiger partial charge < -0.3 is 16.0 Å². The lowest BCUT2D eigenvalue weighted by Crippen LogP contribution is -2.58. The second kappa shape index (κ2) is 8.73. The second-order valence-corrected chi connectivity index (χ2v) is 9.98. The molecule has 0 saturated heterocycles. The number of hydrogen-bond donors (Lipinski definition) is 3. The highest BCUT2D eigenvalue weighted by molar-refractivity contribution is 6.32. The molecule has 0 radical (unpaired) electrons. The van der Waals surface area contributed by atoms with Crippen molar-refractivity contribution < 1.29 is 4.79 Å². The van der Waals surface area contributed by atoms with Crippen molar-refractivity contribution in [3.05, 3.63) is 45.6 Å². The van der Waals surface area contributed by atoms with Gasteiger partial charge in [-0.15, -0.1) is 0 Å². The molecule has 0 unspecified atom stereocenters. The van der Waals surface area contributed by atoms with E-state index in [1.165, 1.54) is 6.42 Å². The van der Waals surface area contributed by atoms with Crippen LogP contribution < -0.4 is 21.5 Å². The van der Waals surface area contributed by atoms with Crippen LogP contribution in [0.4, 0.5) is 11.4 Å². The lowest BCUT2D eigenvalue weighted by molar-refractivity contribution is -0.122. The van der Waals surface area contributed by atoms with Gasteiger partial charge in [-0.05, 0) is 47.6 Å². The minimum Gasteiger partial charge on any atom is -0.387 e. The van der Waals surface area contributed by atoms with E-state index in [1.54, 1.807) is 25.6 Å². The maximum atomic E-state index is 12.7. The van der Waals surface area contributed by atoms with E-state index in [4.69, 9.17) is 11.6 Å². The molecule has 3 aliphatic carbocycles. The van der Waals surface area contributed by atoms with Crippen LogP contribution in [0.25, 0.3) is 0 Å². The number of hydrogen-bond acceptors (Lipinski definition) is 6. The van der Waals surface area contributed by atoms with Crippen LogP contribution in [0.5, 0.6) is 0 Å². The summed E-state index contributed by atoms with van der Waals surface area (Å²) in [6, 6.07) is 2.09. The van der Waals surface area contributed by atoms with Crippen LogP contribution >= 0.6 is 11.6 Å². The number of amides is 1. The number of rotatable bonds is 7. The maximum Gasteiger partial charge on any atom is 0.288 e. The molecule has 4 atom stereocenters. The Hall–Kier alpha value is -2.61. The highest BCUT2D eigenvalue weighted by atomic mass is 35.5. The molecule has 2 heterocycles. The van der Waals surface area contributed by atoms with Crippen LogP contribution in [-0.4, -0.2) is 33.8 Å². The SMILES string of the molecule is CNc1cnccc1CNC(=O)Cn1ncc(N[C@@H]2C[C@@H]3C[C@H]([C@H]2C)C3(C)C)c(Cl)c1=O. The van der Waals surface area contributed by atoms with E-state index >= 15 is 0 Å². The molecular weight excluding hydrogens is 428 g/mol. The van der Waals surface area contributed by atoms with Gasteiger partial charge in [-0.25, -0.2) is 4.68 Å². The van der Waals surface area contributed by atoms with Crippen LogP contribution in [0.15, 0.2) is 29.5 Å². The molecule has 2 bridgehead atoms. The Morgan fingerprint density at radius 2 is 2.06 bits per heavy atom. The molecule has 3 fully saturated rings. The van der Waals surface area contributed by atoms with Crippen molar-refractivity contribution >= 4 is 28.9 Å². The summed E-state index contributed by atoms with van der Waals surface area (Å²) in [5, 5.41) is 13.6. The number of carbonyl (C=O) groups excluding carboxylic acids is 1. The fraction of sp³-hybridized carbons (Fsp3) is 0.565. The van der Waals surface area contributed by atoms with Crippen LogP contribution in [-0.2, 0) is 17.9 Å². The predicted molar refractivity (Wildman–Crippen MR) is 126 cm³/mol. The lowest BCUT2D eigenvalue weighted by Gasteiger charge is -2.62. The Balaban J connectivity index is 1.39. The van der Waals surface area contributed by atoms with Crippen molar-refractivity contribution in [2.24, 2.45) is 23.2 Å². The minimum atomic E-state index is -0.472. The Morgan fingerprint density at radius 1 is 1.28 bits per heavy atom. The number of fused-ring (bicyclic) bond motifs is 2. The Morgan fingerprint density at radius 3 is 2.75 bits per heavy atom. The van der Waals surface area contributed by atoms with Gasteiger partial charge in [0.2, 0.25) is 5.91 Å². The first-order chi connectivity index (χ1) is 15.2. The molecule has 0 aromatic carbocycles. The topological polar surface area (TPSA) is 101 Å². The van der Waals surface area contributed by atoms with E-state index in [2.05, 4.69) is 46.8 Å². The van der Waals surface area contributed by atoms with Gasteiger partial charge in [0.25, 0.3) is 5.56 Å². The summed E-state index contributed by atoms with van der Waals surface area (Å²) >= 11 is 6.38. The minimum absolute atomic E-state index is 0.0742. The zero-order valence-corrected chi connectivity index (χ0v) is 19.7. The van der Waals surface area contributed by atoms with Crippen LogP contribution in [0.1, 0.15) is 39.2 Å². The molecular formula is C23H31ClN6O2. The summed E-state index contributed by atoms with van der Waals surface area (Å²) in [5.74, 6) is 1.55. The first kappa shape index (κ1) is 22.6. The zero-order valence-electron chi connectivity index (χ0n) is 19.0. The molecule has 172 valence electrons. The van der Waals surface area contributed by atoms with Gasteiger partial charge in [-0.2, -0.15) is 5.10 Å². The number of anilines is 2. The molecule has 2 aromatic heterocycles. The third kappa shape index (κ3) is 4.08. The summed E-state index contributed by atoms with van der Waals surface area (Å²) in [6.45, 7) is 7.10. The van der Waals surface area contributed by atoms with Gasteiger partial charge in [0, 0.05) is 25.8 Å². The second-order valence-electron chi connectivity index (χ2n) is 9.60. The zero-order chi connectivity index (χ0) is 23.0. The molecule has 0 aliphatic heterocycles. The van der Waals surface area contributed by atoms with Crippen molar-refractivity contribution in [2.75, 3.05) is 17.7 Å². The quantitative estimate of drug-likeness (QED) is 0.589. The number of halogens is 1. The normalized spacial score (nSPS) is 25.5. The average molecular weight is 459 g/mol. The van der Waals surface area contributed by atoms with Gasteiger partial charge >= 0.3 is 0 Å². The average Bonchev–Trinajstić information content (AvgIpc) is 2.78. The predicted octanol–water partition coefficient (Wildman–Crippen LogP) is 3.13. The highest BCUT2D eigenvalue weighted by Gasteiger charge is 2.56. The third-order valence-electron chi connectivity index (χ3n) is 7.63. The van der Waals surface area contributed by atoms with E-state index < -0.39 is 5.56 Å². The summed E-state index contributed by atoms with van der Waals surface area (Å²) in [4.78, 5) is 29.2. The van der Waals surface area contributed by atoms with Gasteiger partial charge in [0.15, 0.2) is 0 Å². The molecule has 1 amide bonds. The van der Waals surface area contributed by atoms with E-state index in [0.29, 0.717) is 35.4 Å². The molecule has 0 spiro atoms. The van der Waals surface area contributed by atoms with E-state index in [-0.39, 0.29) is 23.5 Å². The smallest absolute Gasteiger partial charge is 0.288 e. The van der Waals surface area contributed by atoms with E-state index in [1.807, 2.05) is 6.07 Å². The van der Waals surface area contributed by atoms with Crippen LogP contribution in [0.3, 0.4) is 0 Å². The third-order valence-corrected chi connectivity index (χ3v) is 8.00. The molecule has 3 N–H and O–H groups in total. The first-order valence-electron chi connectivity index (χ1n) is 11.1. The number of nitrogens with zero attached hydrogens (tertiary/aromatic N) is 3. The maximum absolute atomic E-state index is 12.7.